The Morgan fingerprint density at radius 2 is 2.00 bits per heavy atom. The zero-order chi connectivity index (χ0) is 11.2. The van der Waals surface area contributed by atoms with E-state index in [9.17, 15) is 4.79 Å². The molecule has 0 aromatic carbocycles. The molecule has 3 N–H and O–H groups in total. The van der Waals surface area contributed by atoms with Crippen LogP contribution >= 0.6 is 0 Å². The predicted octanol–water partition coefficient (Wildman–Crippen LogP) is 0.118. The highest BCUT2D eigenvalue weighted by Gasteiger charge is 2.17. The average molecular weight is 205 g/mol. The van der Waals surface area contributed by atoms with Gasteiger partial charge in [0.05, 0.1) is 11.6 Å². The van der Waals surface area contributed by atoms with Crippen LogP contribution in [0.15, 0.2) is 17.3 Å². The summed E-state index contributed by atoms with van der Waals surface area (Å²) in [5.41, 5.74) is -0.122. The molecule has 0 aliphatic heterocycles. The maximum absolute atomic E-state index is 10.9. The van der Waals surface area contributed by atoms with Crippen LogP contribution in [0.3, 0.4) is 0 Å². The summed E-state index contributed by atoms with van der Waals surface area (Å²) >= 11 is 0. The summed E-state index contributed by atoms with van der Waals surface area (Å²) in [4.78, 5) is 12.0. The normalized spacial score (nSPS) is 10.8. The summed E-state index contributed by atoms with van der Waals surface area (Å²) in [5, 5.41) is 25.2. The molecule has 0 aliphatic rings. The van der Waals surface area contributed by atoms with Crippen molar-refractivity contribution in [3.8, 4) is 0 Å². The summed E-state index contributed by atoms with van der Waals surface area (Å²) in [6.45, 7) is 5.87. The predicted molar refractivity (Wildman–Crippen MR) is 44.8 cm³/mol. The van der Waals surface area contributed by atoms with E-state index >= 15 is 0 Å². The van der Waals surface area contributed by atoms with Crippen LogP contribution in [0.1, 0.15) is 6.42 Å². The highest BCUT2D eigenvalue weighted by atomic mass is 17.1. The van der Waals surface area contributed by atoms with Crippen molar-refractivity contribution in [1.29, 1.82) is 0 Å². The van der Waals surface area contributed by atoms with Crippen molar-refractivity contribution in [3.05, 3.63) is 12.3 Å². The Morgan fingerprint density at radius 3 is 2.43 bits per heavy atom. The molecule has 0 fully saturated rings. The number of aliphatic imine (C=N–C) groups is 1. The molecule has 7 nitrogen and oxygen atoms in total. The van der Waals surface area contributed by atoms with Gasteiger partial charge in [-0.05, 0) is 6.72 Å². The second-order valence-corrected chi connectivity index (χ2v) is 2.51. The fourth-order valence-electron chi connectivity index (χ4n) is 0.589. The van der Waals surface area contributed by atoms with Crippen molar-refractivity contribution in [2.45, 2.75) is 6.42 Å². The largest absolute Gasteiger partial charge is 0.461 e. The molecule has 0 saturated heterocycles. The van der Waals surface area contributed by atoms with Crippen LogP contribution in [0.4, 0.5) is 0 Å². The van der Waals surface area contributed by atoms with Crippen LogP contribution in [0.25, 0.3) is 0 Å². The Hall–Kier alpha value is -1.28. The monoisotopic (exact) mass is 205 g/mol. The van der Waals surface area contributed by atoms with Crippen molar-refractivity contribution >= 4 is 12.7 Å². The van der Waals surface area contributed by atoms with Crippen molar-refractivity contribution < 1.29 is 30.1 Å². The van der Waals surface area contributed by atoms with Gasteiger partial charge in [-0.3, -0.25) is 4.99 Å². The average Bonchev–Trinajstić information content (AvgIpc) is 2.09. The molecule has 0 aromatic heterocycles. The maximum Gasteiger partial charge on any atom is 0.356 e. The first-order chi connectivity index (χ1) is 6.37. The van der Waals surface area contributed by atoms with Gasteiger partial charge in [0, 0.05) is 6.42 Å². The molecule has 0 aliphatic carbocycles. The van der Waals surface area contributed by atoms with E-state index in [0.29, 0.717) is 0 Å². The number of rotatable bonds is 6. The Balaban J connectivity index is 3.61. The van der Waals surface area contributed by atoms with Crippen LogP contribution in [0.5, 0.6) is 0 Å². The molecule has 80 valence electrons. The van der Waals surface area contributed by atoms with Gasteiger partial charge >= 0.3 is 5.97 Å². The van der Waals surface area contributed by atoms with E-state index in [1.165, 1.54) is 0 Å². The minimum Gasteiger partial charge on any atom is -0.461 e. The lowest BCUT2D eigenvalue weighted by atomic mass is 10.4. The van der Waals surface area contributed by atoms with E-state index in [-0.39, 0.29) is 25.3 Å². The van der Waals surface area contributed by atoms with E-state index in [2.05, 4.69) is 23.0 Å². The lowest BCUT2D eigenvalue weighted by Gasteiger charge is -2.10. The number of ether oxygens (including phenoxy) is 1. The molecule has 0 radical (unpaired) electrons. The molecule has 14 heavy (non-hydrogen) atoms. The number of esters is 1. The summed E-state index contributed by atoms with van der Waals surface area (Å²) in [5.74, 6) is -0.730. The summed E-state index contributed by atoms with van der Waals surface area (Å²) in [6, 6.07) is 0. The second-order valence-electron chi connectivity index (χ2n) is 2.51. The van der Waals surface area contributed by atoms with Crippen LogP contribution in [-0.4, -0.2) is 46.4 Å². The van der Waals surface area contributed by atoms with E-state index in [0.717, 1.165) is 0 Å². The van der Waals surface area contributed by atoms with Crippen LogP contribution in [0.2, 0.25) is 0 Å². The Labute approximate surface area is 80.6 Å². The summed E-state index contributed by atoms with van der Waals surface area (Å²) < 4.78 is 4.57. The third-order valence-corrected chi connectivity index (χ3v) is 1.26. The number of hydrogen-bond acceptors (Lipinski definition) is 6. The van der Waals surface area contributed by atoms with Gasteiger partial charge in [-0.15, -0.1) is 15.6 Å². The third-order valence-electron chi connectivity index (χ3n) is 1.26. The molecule has 7 heteroatoms. The van der Waals surface area contributed by atoms with Crippen LogP contribution in [-0.2, 0) is 9.53 Å². The second kappa shape index (κ2) is 5.45. The molecule has 0 rings (SSSR count). The topological polar surface area (TPSA) is 99.4 Å². The first-order valence-electron chi connectivity index (χ1n) is 3.76. The number of hydroxylamine groups is 3. The Morgan fingerprint density at radius 1 is 1.43 bits per heavy atom. The van der Waals surface area contributed by atoms with Crippen LogP contribution in [0, 0.1) is 0 Å². The molecular weight excluding hydrogens is 192 g/mol. The van der Waals surface area contributed by atoms with E-state index in [1.54, 1.807) is 0 Å². The van der Waals surface area contributed by atoms with Gasteiger partial charge < -0.3 is 4.74 Å². The lowest BCUT2D eigenvalue weighted by molar-refractivity contribution is -1.37. The number of nitrogens with zero attached hydrogens (tertiary/aromatic N) is 2. The van der Waals surface area contributed by atoms with Crippen LogP contribution < -0.4 is 0 Å². The third kappa shape index (κ3) is 6.26. The van der Waals surface area contributed by atoms with Gasteiger partial charge in [0.1, 0.15) is 5.70 Å². The van der Waals surface area contributed by atoms with E-state index < -0.39 is 10.9 Å². The van der Waals surface area contributed by atoms with Crippen molar-refractivity contribution in [1.82, 2.24) is 0 Å². The van der Waals surface area contributed by atoms with Gasteiger partial charge in [0.25, 0.3) is 0 Å². The highest BCUT2D eigenvalue weighted by molar-refractivity contribution is 5.88. The van der Waals surface area contributed by atoms with Gasteiger partial charge in [-0.1, -0.05) is 6.58 Å². The van der Waals surface area contributed by atoms with E-state index in [4.69, 9.17) is 15.6 Å². The molecule has 0 atom stereocenters. The van der Waals surface area contributed by atoms with E-state index in [1.807, 2.05) is 0 Å². The molecule has 0 bridgehead atoms. The Bertz CT molecular complexity index is 233. The van der Waals surface area contributed by atoms with Crippen molar-refractivity contribution in [2.75, 3.05) is 13.2 Å². The molecule has 0 saturated carbocycles. The summed E-state index contributed by atoms with van der Waals surface area (Å²) in [6.07, 6.45) is 0.0830. The zero-order valence-corrected chi connectivity index (χ0v) is 7.59. The number of hydrogen-bond donors (Lipinski definition) is 3. The molecule has 0 heterocycles. The zero-order valence-electron chi connectivity index (χ0n) is 7.59. The smallest absolute Gasteiger partial charge is 0.356 e. The number of carbonyl (C=O) groups excluding carboxylic acids is 1. The minimum absolute atomic E-state index is 0.0744. The molecular formula is C7H13N2O5+. The fourth-order valence-corrected chi connectivity index (χ4v) is 0.589. The molecule has 0 aromatic rings. The van der Waals surface area contributed by atoms with Gasteiger partial charge in [0.2, 0.25) is 0 Å². The molecule has 0 unspecified atom stereocenters. The van der Waals surface area contributed by atoms with Gasteiger partial charge in [-0.2, -0.15) is 0 Å². The first kappa shape index (κ1) is 12.7. The fraction of sp³-hybridized carbons (Fsp3) is 0.429. The lowest BCUT2D eigenvalue weighted by Crippen LogP contribution is -2.38. The Kier molecular flexibility index (Phi) is 4.95. The number of carbonyl (C=O) groups is 1. The molecule has 0 amide bonds. The standard InChI is InChI=1S/C7H13N2O5/c1-6(8-2)7(10)14-5-3-4-9(11,12)13/h11-13H,1-5H2/q+1. The maximum atomic E-state index is 10.9. The van der Waals surface area contributed by atoms with Crippen molar-refractivity contribution in [2.24, 2.45) is 4.99 Å². The molecule has 0 spiro atoms. The highest BCUT2D eigenvalue weighted by Crippen LogP contribution is 1.97. The SMILES string of the molecule is C=NC(=C)C(=O)OCCC[N+](O)(O)O. The van der Waals surface area contributed by atoms with Crippen molar-refractivity contribution in [3.63, 3.8) is 0 Å². The van der Waals surface area contributed by atoms with Gasteiger partial charge in [0.15, 0.2) is 6.54 Å². The minimum atomic E-state index is -2.14. The van der Waals surface area contributed by atoms with Gasteiger partial charge in [-0.25, -0.2) is 4.79 Å². The first-order valence-corrected chi connectivity index (χ1v) is 3.76. The summed E-state index contributed by atoms with van der Waals surface area (Å²) in [7, 11) is 0. The number of quaternary nitrogens is 1. The quantitative estimate of drug-likeness (QED) is 0.143.